The van der Waals surface area contributed by atoms with E-state index >= 15 is 0 Å². The first-order chi connectivity index (χ1) is 7.92. The van der Waals surface area contributed by atoms with E-state index in [1.165, 1.54) is 63.0 Å². The molecule has 0 spiro atoms. The zero-order chi connectivity index (χ0) is 11.2. The lowest BCUT2D eigenvalue weighted by Crippen LogP contribution is -2.34. The van der Waals surface area contributed by atoms with Crippen molar-refractivity contribution in [2.24, 2.45) is 11.8 Å². The van der Waals surface area contributed by atoms with Gasteiger partial charge in [-0.25, -0.2) is 0 Å². The molecule has 0 amide bonds. The van der Waals surface area contributed by atoms with Crippen LogP contribution >= 0.6 is 11.8 Å². The zero-order valence-corrected chi connectivity index (χ0v) is 11.5. The van der Waals surface area contributed by atoms with Gasteiger partial charge in [-0.1, -0.05) is 19.8 Å². The third-order valence-electron chi connectivity index (χ3n) is 3.78. The van der Waals surface area contributed by atoms with Gasteiger partial charge < -0.3 is 5.32 Å². The van der Waals surface area contributed by atoms with E-state index in [1.807, 2.05) is 0 Å². The van der Waals surface area contributed by atoms with Crippen LogP contribution in [0.25, 0.3) is 0 Å². The van der Waals surface area contributed by atoms with Gasteiger partial charge in [-0.05, 0) is 49.7 Å². The molecule has 0 saturated heterocycles. The second-order valence-corrected chi connectivity index (χ2v) is 6.70. The molecule has 0 radical (unpaired) electrons. The number of hydrogen-bond donors (Lipinski definition) is 1. The topological polar surface area (TPSA) is 12.0 Å². The molecule has 2 aliphatic carbocycles. The van der Waals surface area contributed by atoms with Gasteiger partial charge in [0.05, 0.1) is 0 Å². The average molecular weight is 241 g/mol. The predicted molar refractivity (Wildman–Crippen MR) is 74.1 cm³/mol. The Morgan fingerprint density at radius 2 is 1.75 bits per heavy atom. The number of nitrogens with one attached hydrogen (secondary N) is 1. The molecule has 1 nitrogen and oxygen atoms in total. The van der Waals surface area contributed by atoms with E-state index in [-0.39, 0.29) is 0 Å². The fraction of sp³-hybridized carbons (Fsp3) is 1.00. The first-order valence-electron chi connectivity index (χ1n) is 7.23. The molecule has 0 atom stereocenters. The standard InChI is InChI=1S/C14H27NS/c1-2-3-4-10-16-11-9-15-14(12-5-6-12)13-7-8-13/h12-15H,2-11H2,1H3. The molecule has 0 bridgehead atoms. The summed E-state index contributed by atoms with van der Waals surface area (Å²) < 4.78 is 0. The molecule has 0 aromatic carbocycles. The highest BCUT2D eigenvalue weighted by atomic mass is 32.2. The van der Waals surface area contributed by atoms with Crippen molar-refractivity contribution in [3.63, 3.8) is 0 Å². The van der Waals surface area contributed by atoms with Crippen molar-refractivity contribution in [1.29, 1.82) is 0 Å². The Kier molecular flexibility index (Phi) is 5.51. The molecule has 0 aromatic rings. The minimum atomic E-state index is 0.899. The molecular weight excluding hydrogens is 214 g/mol. The Balaban J connectivity index is 1.44. The van der Waals surface area contributed by atoms with Crippen LogP contribution in [0.5, 0.6) is 0 Å². The van der Waals surface area contributed by atoms with Crippen LogP contribution in [0.3, 0.4) is 0 Å². The van der Waals surface area contributed by atoms with Crippen LogP contribution in [0.4, 0.5) is 0 Å². The summed E-state index contributed by atoms with van der Waals surface area (Å²) in [6, 6.07) is 0.899. The molecule has 2 fully saturated rings. The van der Waals surface area contributed by atoms with E-state index in [0.717, 1.165) is 17.9 Å². The molecule has 0 heterocycles. The molecule has 94 valence electrons. The summed E-state index contributed by atoms with van der Waals surface area (Å²) >= 11 is 2.14. The molecule has 1 N–H and O–H groups in total. The van der Waals surface area contributed by atoms with Crippen LogP contribution < -0.4 is 5.32 Å². The van der Waals surface area contributed by atoms with Crippen molar-refractivity contribution in [2.75, 3.05) is 18.1 Å². The molecule has 2 saturated carbocycles. The lowest BCUT2D eigenvalue weighted by atomic mass is 10.1. The number of rotatable bonds is 10. The van der Waals surface area contributed by atoms with E-state index in [9.17, 15) is 0 Å². The Morgan fingerprint density at radius 1 is 1.06 bits per heavy atom. The predicted octanol–water partition coefficient (Wildman–Crippen LogP) is 3.69. The van der Waals surface area contributed by atoms with Crippen molar-refractivity contribution >= 4 is 11.8 Å². The Bertz CT molecular complexity index is 175. The maximum absolute atomic E-state index is 3.81. The van der Waals surface area contributed by atoms with Crippen LogP contribution in [0, 0.1) is 11.8 Å². The van der Waals surface area contributed by atoms with Crippen LogP contribution in [-0.2, 0) is 0 Å². The largest absolute Gasteiger partial charge is 0.313 e. The summed E-state index contributed by atoms with van der Waals surface area (Å²) in [4.78, 5) is 0. The maximum Gasteiger partial charge on any atom is 0.0124 e. The third-order valence-corrected chi connectivity index (χ3v) is 4.85. The summed E-state index contributed by atoms with van der Waals surface area (Å²) in [5, 5.41) is 3.81. The Hall–Kier alpha value is 0.310. The van der Waals surface area contributed by atoms with Gasteiger partial charge in [0.1, 0.15) is 0 Å². The lowest BCUT2D eigenvalue weighted by molar-refractivity contribution is 0.429. The lowest BCUT2D eigenvalue weighted by Gasteiger charge is -2.17. The van der Waals surface area contributed by atoms with Crippen LogP contribution in [-0.4, -0.2) is 24.1 Å². The first kappa shape index (κ1) is 12.8. The second-order valence-electron chi connectivity index (χ2n) is 5.47. The van der Waals surface area contributed by atoms with Gasteiger partial charge in [-0.2, -0.15) is 11.8 Å². The minimum absolute atomic E-state index is 0.899. The van der Waals surface area contributed by atoms with Gasteiger partial charge in [0.15, 0.2) is 0 Å². The first-order valence-corrected chi connectivity index (χ1v) is 8.38. The highest BCUT2D eigenvalue weighted by Gasteiger charge is 2.40. The zero-order valence-electron chi connectivity index (χ0n) is 10.7. The van der Waals surface area contributed by atoms with Gasteiger partial charge in [0.25, 0.3) is 0 Å². The van der Waals surface area contributed by atoms with E-state index in [2.05, 4.69) is 24.0 Å². The van der Waals surface area contributed by atoms with Crippen molar-refractivity contribution in [3.05, 3.63) is 0 Å². The van der Waals surface area contributed by atoms with Gasteiger partial charge >= 0.3 is 0 Å². The summed E-state index contributed by atoms with van der Waals surface area (Å²) in [5.74, 6) is 4.79. The highest BCUT2D eigenvalue weighted by molar-refractivity contribution is 7.99. The summed E-state index contributed by atoms with van der Waals surface area (Å²) in [6.07, 6.45) is 10.2. The van der Waals surface area contributed by atoms with E-state index in [0.29, 0.717) is 0 Å². The quantitative estimate of drug-likeness (QED) is 0.586. The summed E-state index contributed by atoms with van der Waals surface area (Å²) in [7, 11) is 0. The molecule has 2 heteroatoms. The number of unbranched alkanes of at least 4 members (excludes halogenated alkanes) is 2. The fourth-order valence-electron chi connectivity index (χ4n) is 2.48. The maximum atomic E-state index is 3.81. The van der Waals surface area contributed by atoms with Crippen LogP contribution in [0.2, 0.25) is 0 Å². The van der Waals surface area contributed by atoms with Gasteiger partial charge in [0, 0.05) is 18.3 Å². The fourth-order valence-corrected chi connectivity index (χ4v) is 3.36. The van der Waals surface area contributed by atoms with Gasteiger partial charge in [-0.3, -0.25) is 0 Å². The Labute approximate surface area is 105 Å². The number of hydrogen-bond acceptors (Lipinski definition) is 2. The average Bonchev–Trinajstić information content (AvgIpc) is 3.16. The minimum Gasteiger partial charge on any atom is -0.313 e. The second kappa shape index (κ2) is 6.90. The van der Waals surface area contributed by atoms with E-state index < -0.39 is 0 Å². The van der Waals surface area contributed by atoms with Gasteiger partial charge in [-0.15, -0.1) is 0 Å². The molecule has 2 aliphatic rings. The SMILES string of the molecule is CCCCCSCCNC(C1CC1)C1CC1. The van der Waals surface area contributed by atoms with Crippen LogP contribution in [0.1, 0.15) is 51.9 Å². The van der Waals surface area contributed by atoms with E-state index in [4.69, 9.17) is 0 Å². The van der Waals surface area contributed by atoms with Crippen molar-refractivity contribution in [3.8, 4) is 0 Å². The molecule has 0 aromatic heterocycles. The number of thioether (sulfide) groups is 1. The molecule has 16 heavy (non-hydrogen) atoms. The smallest absolute Gasteiger partial charge is 0.0124 e. The third kappa shape index (κ3) is 4.67. The summed E-state index contributed by atoms with van der Waals surface area (Å²) in [5.41, 5.74) is 0. The molecule has 0 aliphatic heterocycles. The molecule has 2 rings (SSSR count). The Morgan fingerprint density at radius 3 is 2.31 bits per heavy atom. The summed E-state index contributed by atoms with van der Waals surface area (Å²) in [6.45, 7) is 3.52. The molecular formula is C14H27NS. The monoisotopic (exact) mass is 241 g/mol. The highest BCUT2D eigenvalue weighted by Crippen LogP contribution is 2.44. The van der Waals surface area contributed by atoms with Crippen molar-refractivity contribution in [2.45, 2.75) is 57.9 Å². The van der Waals surface area contributed by atoms with Crippen LogP contribution in [0.15, 0.2) is 0 Å². The van der Waals surface area contributed by atoms with Crippen molar-refractivity contribution < 1.29 is 0 Å². The normalized spacial score (nSPS) is 20.6. The van der Waals surface area contributed by atoms with E-state index in [1.54, 1.807) is 0 Å². The van der Waals surface area contributed by atoms with Gasteiger partial charge in [0.2, 0.25) is 0 Å². The molecule has 0 unspecified atom stereocenters. The van der Waals surface area contributed by atoms with Crippen molar-refractivity contribution in [1.82, 2.24) is 5.32 Å².